The van der Waals surface area contributed by atoms with Gasteiger partial charge in [-0.15, -0.1) is 10.2 Å². The Labute approximate surface area is 143 Å². The molecule has 9 heteroatoms. The van der Waals surface area contributed by atoms with Crippen molar-refractivity contribution in [1.82, 2.24) is 19.8 Å². The van der Waals surface area contributed by atoms with Gasteiger partial charge in [0, 0.05) is 13.6 Å². The highest BCUT2D eigenvalue weighted by Crippen LogP contribution is 2.26. The van der Waals surface area contributed by atoms with Crippen molar-refractivity contribution in [1.29, 1.82) is 5.26 Å². The van der Waals surface area contributed by atoms with Crippen LogP contribution in [0.3, 0.4) is 0 Å². The Bertz CT molecular complexity index is 772. The van der Waals surface area contributed by atoms with E-state index in [9.17, 15) is 9.18 Å². The molecule has 1 amide bonds. The Balaban J connectivity index is 2.13. The van der Waals surface area contributed by atoms with E-state index in [-0.39, 0.29) is 23.7 Å². The predicted octanol–water partition coefficient (Wildman–Crippen LogP) is 1.65. The summed E-state index contributed by atoms with van der Waals surface area (Å²) in [5.41, 5.74) is 0.240. The van der Waals surface area contributed by atoms with Crippen LogP contribution in [0.5, 0.6) is 0 Å². The van der Waals surface area contributed by atoms with Crippen molar-refractivity contribution in [2.45, 2.75) is 23.8 Å². The lowest BCUT2D eigenvalue weighted by Crippen LogP contribution is -2.34. The predicted molar refractivity (Wildman–Crippen MR) is 88.8 cm³/mol. The van der Waals surface area contributed by atoms with Gasteiger partial charge in [0.05, 0.1) is 23.3 Å². The summed E-state index contributed by atoms with van der Waals surface area (Å²) in [6.45, 7) is 2.07. The maximum Gasteiger partial charge on any atom is 0.235 e. The maximum atomic E-state index is 13.8. The topological polar surface area (TPSA) is 101 Å². The van der Waals surface area contributed by atoms with Gasteiger partial charge in [-0.3, -0.25) is 4.79 Å². The Morgan fingerprint density at radius 3 is 2.88 bits per heavy atom. The molecule has 2 N–H and O–H groups in total. The van der Waals surface area contributed by atoms with E-state index in [2.05, 4.69) is 10.2 Å². The first-order chi connectivity index (χ1) is 11.5. The molecule has 1 atom stereocenters. The van der Waals surface area contributed by atoms with Crippen molar-refractivity contribution < 1.29 is 9.18 Å². The van der Waals surface area contributed by atoms with Crippen LogP contribution >= 0.6 is 11.8 Å². The molecule has 126 valence electrons. The van der Waals surface area contributed by atoms with Crippen molar-refractivity contribution in [2.24, 2.45) is 0 Å². The van der Waals surface area contributed by atoms with Crippen molar-refractivity contribution in [3.63, 3.8) is 0 Å². The van der Waals surface area contributed by atoms with E-state index in [1.807, 2.05) is 6.07 Å². The van der Waals surface area contributed by atoms with Crippen molar-refractivity contribution >= 4 is 17.7 Å². The van der Waals surface area contributed by atoms with Gasteiger partial charge in [-0.1, -0.05) is 23.9 Å². The van der Waals surface area contributed by atoms with Crippen LogP contribution in [-0.4, -0.2) is 44.5 Å². The molecular weight excluding hydrogens is 331 g/mol. The van der Waals surface area contributed by atoms with Crippen molar-refractivity contribution in [2.75, 3.05) is 19.4 Å². The number of amides is 1. The first-order valence-electron chi connectivity index (χ1n) is 7.19. The van der Waals surface area contributed by atoms with Crippen LogP contribution in [0.2, 0.25) is 0 Å². The number of hydrogen-bond donors (Lipinski definition) is 1. The van der Waals surface area contributed by atoms with E-state index in [1.54, 1.807) is 32.2 Å². The van der Waals surface area contributed by atoms with Gasteiger partial charge in [-0.25, -0.2) is 9.07 Å². The second kappa shape index (κ2) is 7.79. The second-order valence-electron chi connectivity index (χ2n) is 5.08. The number of thioether (sulfide) groups is 1. The van der Waals surface area contributed by atoms with E-state index in [0.717, 1.165) is 11.8 Å². The first kappa shape index (κ1) is 17.7. The van der Waals surface area contributed by atoms with Gasteiger partial charge in [0.1, 0.15) is 5.82 Å². The number of nitrogens with two attached hydrogens (primary N) is 1. The summed E-state index contributed by atoms with van der Waals surface area (Å²) >= 11 is 1.13. The van der Waals surface area contributed by atoms with Crippen LogP contribution in [-0.2, 0) is 4.79 Å². The minimum absolute atomic E-state index is 0.148. The Morgan fingerprint density at radius 2 is 2.21 bits per heavy atom. The number of carbonyl (C=O) groups excluding carboxylic acids is 1. The zero-order valence-corrected chi connectivity index (χ0v) is 14.1. The van der Waals surface area contributed by atoms with Gasteiger partial charge >= 0.3 is 0 Å². The molecule has 0 fully saturated rings. The van der Waals surface area contributed by atoms with Crippen LogP contribution in [0.15, 0.2) is 29.4 Å². The molecule has 24 heavy (non-hydrogen) atoms. The van der Waals surface area contributed by atoms with E-state index in [4.69, 9.17) is 11.1 Å². The van der Waals surface area contributed by atoms with Gasteiger partial charge < -0.3 is 10.7 Å². The van der Waals surface area contributed by atoms with Gasteiger partial charge in [0.15, 0.2) is 5.82 Å². The molecule has 0 saturated carbocycles. The molecule has 0 saturated heterocycles. The molecule has 1 aromatic heterocycles. The number of hydrogen-bond acceptors (Lipinski definition) is 6. The third-order valence-electron chi connectivity index (χ3n) is 3.34. The Kier molecular flexibility index (Phi) is 5.76. The van der Waals surface area contributed by atoms with Gasteiger partial charge in [-0.05, 0) is 19.1 Å². The number of carbonyl (C=O) groups is 1. The van der Waals surface area contributed by atoms with Crippen LogP contribution < -0.4 is 5.84 Å². The molecule has 2 aromatic rings. The zero-order chi connectivity index (χ0) is 17.7. The molecule has 0 aliphatic carbocycles. The molecular formula is C15H17FN6OS. The maximum absolute atomic E-state index is 13.8. The molecule has 0 unspecified atom stereocenters. The molecule has 1 heterocycles. The van der Waals surface area contributed by atoms with E-state index in [0.29, 0.717) is 11.7 Å². The summed E-state index contributed by atoms with van der Waals surface area (Å²) in [5, 5.41) is 16.3. The molecule has 0 radical (unpaired) electrons. The van der Waals surface area contributed by atoms with Crippen LogP contribution in [0, 0.1) is 17.1 Å². The third-order valence-corrected chi connectivity index (χ3v) is 4.39. The monoisotopic (exact) mass is 348 g/mol. The summed E-state index contributed by atoms with van der Waals surface area (Å²) in [5.74, 6) is 5.54. The molecule has 0 aliphatic rings. The lowest BCUT2D eigenvalue weighted by Gasteiger charge is -2.19. The lowest BCUT2D eigenvalue weighted by molar-refractivity contribution is -0.128. The first-order valence-corrected chi connectivity index (χ1v) is 8.07. The third kappa shape index (κ3) is 3.83. The summed E-state index contributed by atoms with van der Waals surface area (Å²) < 4.78 is 15.0. The van der Waals surface area contributed by atoms with Gasteiger partial charge in [0.2, 0.25) is 11.1 Å². The smallest absolute Gasteiger partial charge is 0.235 e. The molecule has 7 nitrogen and oxygen atoms in total. The van der Waals surface area contributed by atoms with Crippen LogP contribution in [0.25, 0.3) is 11.4 Å². The highest BCUT2D eigenvalue weighted by atomic mass is 32.2. The highest BCUT2D eigenvalue weighted by molar-refractivity contribution is 8.00. The molecule has 0 bridgehead atoms. The van der Waals surface area contributed by atoms with E-state index < -0.39 is 11.1 Å². The second-order valence-corrected chi connectivity index (χ2v) is 6.39. The minimum Gasteiger partial charge on any atom is -0.344 e. The summed E-state index contributed by atoms with van der Waals surface area (Å²) in [7, 11) is 1.63. The number of nitrogen functional groups attached to an aromatic ring is 1. The van der Waals surface area contributed by atoms with Crippen molar-refractivity contribution in [3.05, 3.63) is 30.1 Å². The minimum atomic E-state index is -0.464. The quantitative estimate of drug-likeness (QED) is 0.629. The lowest BCUT2D eigenvalue weighted by atomic mass is 10.2. The SMILES string of the molecule is C[C@@H](Sc1nnc(-c2ccccc2F)n1N)C(=O)N(C)CCC#N. The average molecular weight is 348 g/mol. The Hall–Kier alpha value is -2.60. The number of nitriles is 1. The fraction of sp³-hybridized carbons (Fsp3) is 0.333. The summed E-state index contributed by atoms with van der Waals surface area (Å²) in [6, 6.07) is 8.11. The fourth-order valence-corrected chi connectivity index (χ4v) is 2.92. The summed E-state index contributed by atoms with van der Waals surface area (Å²) in [6.07, 6.45) is 0.268. The Morgan fingerprint density at radius 1 is 1.50 bits per heavy atom. The number of aromatic nitrogens is 3. The molecule has 0 spiro atoms. The molecule has 1 aromatic carbocycles. The number of rotatable bonds is 6. The van der Waals surface area contributed by atoms with Crippen LogP contribution in [0.4, 0.5) is 4.39 Å². The van der Waals surface area contributed by atoms with Crippen LogP contribution in [0.1, 0.15) is 13.3 Å². The molecule has 0 aliphatic heterocycles. The largest absolute Gasteiger partial charge is 0.344 e. The van der Waals surface area contributed by atoms with E-state index in [1.165, 1.54) is 15.6 Å². The van der Waals surface area contributed by atoms with E-state index >= 15 is 0 Å². The number of halogens is 1. The number of benzene rings is 1. The van der Waals surface area contributed by atoms with Crippen molar-refractivity contribution in [3.8, 4) is 17.5 Å². The zero-order valence-electron chi connectivity index (χ0n) is 13.3. The number of nitrogens with zero attached hydrogens (tertiary/aromatic N) is 5. The van der Waals surface area contributed by atoms with Gasteiger partial charge in [0.25, 0.3) is 0 Å². The molecule has 2 rings (SSSR count). The van der Waals surface area contributed by atoms with Gasteiger partial charge in [-0.2, -0.15) is 5.26 Å². The highest BCUT2D eigenvalue weighted by Gasteiger charge is 2.23. The fourth-order valence-electron chi connectivity index (χ4n) is 2.03. The standard InChI is InChI=1S/C15H17FN6OS/c1-10(14(23)21(2)9-5-8-17)24-15-20-19-13(22(15)18)11-6-3-4-7-12(11)16/h3-4,6-7,10H,5,9,18H2,1-2H3/t10-/m1/s1. The normalized spacial score (nSPS) is 11.8. The average Bonchev–Trinajstić information content (AvgIpc) is 2.93. The summed E-state index contributed by atoms with van der Waals surface area (Å²) in [4.78, 5) is 13.7.